The van der Waals surface area contributed by atoms with Crippen molar-refractivity contribution in [3.8, 4) is 0 Å². The molecule has 0 spiro atoms. The first kappa shape index (κ1) is 14.6. The fraction of sp³-hybridized carbons (Fsp3) is 0.500. The summed E-state index contributed by atoms with van der Waals surface area (Å²) in [7, 11) is 0. The molecule has 0 saturated carbocycles. The third kappa shape index (κ3) is 4.08. The molecule has 4 nitrogen and oxygen atoms in total. The van der Waals surface area contributed by atoms with E-state index in [0.29, 0.717) is 19.6 Å². The number of rotatable bonds is 4. The molecule has 1 fully saturated rings. The normalized spacial score (nSPS) is 15.9. The van der Waals surface area contributed by atoms with Crippen LogP contribution in [0.15, 0.2) is 30.3 Å². The standard InChI is InChI=1S/C16H22N2O2/c1-13(19)15-8-11-18(12-9-15)16(20)17-10-7-14-5-3-2-4-6-14/h2-6,15H,7-12H2,1H3,(H,17,20). The minimum atomic E-state index is -0.0112. The van der Waals surface area contributed by atoms with Gasteiger partial charge in [0, 0.05) is 25.6 Å². The third-order valence-corrected chi connectivity index (χ3v) is 3.89. The van der Waals surface area contributed by atoms with Gasteiger partial charge < -0.3 is 10.2 Å². The Labute approximate surface area is 120 Å². The molecule has 2 amide bonds. The molecule has 1 aliphatic heterocycles. The average molecular weight is 274 g/mol. The number of piperidine rings is 1. The van der Waals surface area contributed by atoms with E-state index in [2.05, 4.69) is 17.4 Å². The van der Waals surface area contributed by atoms with Crippen LogP contribution < -0.4 is 5.32 Å². The molecule has 0 radical (unpaired) electrons. The van der Waals surface area contributed by atoms with E-state index < -0.39 is 0 Å². The number of ketones is 1. The number of carbonyl (C=O) groups excluding carboxylic acids is 2. The van der Waals surface area contributed by atoms with Crippen LogP contribution in [0, 0.1) is 5.92 Å². The van der Waals surface area contributed by atoms with E-state index in [0.717, 1.165) is 19.3 Å². The lowest BCUT2D eigenvalue weighted by Gasteiger charge is -2.30. The van der Waals surface area contributed by atoms with Gasteiger partial charge in [-0.15, -0.1) is 0 Å². The Morgan fingerprint density at radius 1 is 1.20 bits per heavy atom. The Morgan fingerprint density at radius 3 is 2.45 bits per heavy atom. The molecular formula is C16H22N2O2. The van der Waals surface area contributed by atoms with Gasteiger partial charge in [0.25, 0.3) is 0 Å². The molecule has 0 unspecified atom stereocenters. The molecule has 1 aliphatic rings. The van der Waals surface area contributed by atoms with Crippen LogP contribution in [-0.4, -0.2) is 36.3 Å². The topological polar surface area (TPSA) is 49.4 Å². The van der Waals surface area contributed by atoms with Crippen molar-refractivity contribution in [1.29, 1.82) is 0 Å². The Kier molecular flexibility index (Phi) is 5.16. The van der Waals surface area contributed by atoms with Crippen molar-refractivity contribution in [2.45, 2.75) is 26.2 Å². The fourth-order valence-corrected chi connectivity index (χ4v) is 2.56. The predicted octanol–water partition coefficient (Wildman–Crippen LogP) is 2.24. The number of likely N-dealkylation sites (tertiary alicyclic amines) is 1. The highest BCUT2D eigenvalue weighted by molar-refractivity contribution is 5.79. The molecule has 4 heteroatoms. The Balaban J connectivity index is 1.69. The molecule has 0 aliphatic carbocycles. The highest BCUT2D eigenvalue weighted by Gasteiger charge is 2.24. The SMILES string of the molecule is CC(=O)C1CCN(C(=O)NCCc2ccccc2)CC1. The maximum atomic E-state index is 12.0. The van der Waals surface area contributed by atoms with E-state index in [1.807, 2.05) is 23.1 Å². The maximum Gasteiger partial charge on any atom is 0.317 e. The minimum Gasteiger partial charge on any atom is -0.338 e. The summed E-state index contributed by atoms with van der Waals surface area (Å²) in [5, 5.41) is 2.95. The molecule has 1 saturated heterocycles. The second kappa shape index (κ2) is 7.08. The second-order valence-electron chi connectivity index (χ2n) is 5.34. The maximum absolute atomic E-state index is 12.0. The average Bonchev–Trinajstić information content (AvgIpc) is 2.48. The summed E-state index contributed by atoms with van der Waals surface area (Å²) in [5.41, 5.74) is 1.23. The summed E-state index contributed by atoms with van der Waals surface area (Å²) in [6.45, 7) is 3.65. The van der Waals surface area contributed by atoms with Crippen LogP contribution in [0.1, 0.15) is 25.3 Å². The Morgan fingerprint density at radius 2 is 1.85 bits per heavy atom. The number of Topliss-reactive ketones (excluding diaryl/α,β-unsaturated/α-hetero) is 1. The van der Waals surface area contributed by atoms with Crippen molar-refractivity contribution in [1.82, 2.24) is 10.2 Å². The van der Waals surface area contributed by atoms with Crippen LogP contribution in [0.3, 0.4) is 0 Å². The van der Waals surface area contributed by atoms with E-state index in [4.69, 9.17) is 0 Å². The first-order valence-electron chi connectivity index (χ1n) is 7.24. The molecule has 0 bridgehead atoms. The van der Waals surface area contributed by atoms with Crippen LogP contribution in [0.5, 0.6) is 0 Å². The van der Waals surface area contributed by atoms with Crippen LogP contribution in [0.2, 0.25) is 0 Å². The van der Waals surface area contributed by atoms with Gasteiger partial charge >= 0.3 is 6.03 Å². The van der Waals surface area contributed by atoms with Gasteiger partial charge in [0.05, 0.1) is 0 Å². The van der Waals surface area contributed by atoms with Gasteiger partial charge in [0.15, 0.2) is 0 Å². The van der Waals surface area contributed by atoms with E-state index in [1.165, 1.54) is 5.56 Å². The Hall–Kier alpha value is -1.84. The van der Waals surface area contributed by atoms with Crippen LogP contribution in [0.4, 0.5) is 4.79 Å². The zero-order valence-corrected chi connectivity index (χ0v) is 12.0. The Bertz CT molecular complexity index is 451. The number of nitrogens with zero attached hydrogens (tertiary/aromatic N) is 1. The van der Waals surface area contributed by atoms with Crippen molar-refractivity contribution >= 4 is 11.8 Å². The van der Waals surface area contributed by atoms with Crippen molar-refractivity contribution in [2.24, 2.45) is 5.92 Å². The molecular weight excluding hydrogens is 252 g/mol. The fourth-order valence-electron chi connectivity index (χ4n) is 2.56. The lowest BCUT2D eigenvalue weighted by atomic mass is 9.93. The second-order valence-corrected chi connectivity index (χ2v) is 5.34. The summed E-state index contributed by atoms with van der Waals surface area (Å²) in [6.07, 6.45) is 2.43. The number of amides is 2. The lowest BCUT2D eigenvalue weighted by molar-refractivity contribution is -0.121. The highest BCUT2D eigenvalue weighted by atomic mass is 16.2. The van der Waals surface area contributed by atoms with Crippen LogP contribution in [-0.2, 0) is 11.2 Å². The number of nitrogens with one attached hydrogen (secondary N) is 1. The lowest BCUT2D eigenvalue weighted by Crippen LogP contribution is -2.45. The molecule has 108 valence electrons. The molecule has 0 atom stereocenters. The van der Waals surface area contributed by atoms with Gasteiger partial charge in [-0.25, -0.2) is 4.79 Å². The number of hydrogen-bond acceptors (Lipinski definition) is 2. The first-order chi connectivity index (χ1) is 9.66. The summed E-state index contributed by atoms with van der Waals surface area (Å²) in [6, 6.07) is 10.1. The van der Waals surface area contributed by atoms with Gasteiger partial charge in [-0.2, -0.15) is 0 Å². The summed E-state index contributed by atoms with van der Waals surface area (Å²) < 4.78 is 0. The molecule has 1 N–H and O–H groups in total. The van der Waals surface area contributed by atoms with Gasteiger partial charge in [-0.05, 0) is 31.7 Å². The van der Waals surface area contributed by atoms with Crippen LogP contribution >= 0.6 is 0 Å². The van der Waals surface area contributed by atoms with Gasteiger partial charge in [0.2, 0.25) is 0 Å². The summed E-state index contributed by atoms with van der Waals surface area (Å²) >= 11 is 0. The molecule has 1 aromatic rings. The molecule has 1 aromatic carbocycles. The number of carbonyl (C=O) groups is 2. The summed E-state index contributed by atoms with van der Waals surface area (Å²) in [5.74, 6) is 0.387. The zero-order valence-electron chi connectivity index (χ0n) is 12.0. The van der Waals surface area contributed by atoms with Crippen LogP contribution in [0.25, 0.3) is 0 Å². The predicted molar refractivity (Wildman–Crippen MR) is 78.5 cm³/mol. The zero-order chi connectivity index (χ0) is 14.4. The van der Waals surface area contributed by atoms with Gasteiger partial charge in [-0.3, -0.25) is 4.79 Å². The van der Waals surface area contributed by atoms with E-state index in [9.17, 15) is 9.59 Å². The number of hydrogen-bond donors (Lipinski definition) is 1. The van der Waals surface area contributed by atoms with Crippen molar-refractivity contribution in [3.05, 3.63) is 35.9 Å². The molecule has 2 rings (SSSR count). The quantitative estimate of drug-likeness (QED) is 0.915. The van der Waals surface area contributed by atoms with E-state index >= 15 is 0 Å². The summed E-state index contributed by atoms with van der Waals surface area (Å²) in [4.78, 5) is 25.1. The van der Waals surface area contributed by atoms with E-state index in [-0.39, 0.29) is 17.7 Å². The minimum absolute atomic E-state index is 0.0112. The highest BCUT2D eigenvalue weighted by Crippen LogP contribution is 2.17. The third-order valence-electron chi connectivity index (χ3n) is 3.89. The number of benzene rings is 1. The molecule has 20 heavy (non-hydrogen) atoms. The number of urea groups is 1. The van der Waals surface area contributed by atoms with Crippen molar-refractivity contribution < 1.29 is 9.59 Å². The van der Waals surface area contributed by atoms with Gasteiger partial charge in [-0.1, -0.05) is 30.3 Å². The smallest absolute Gasteiger partial charge is 0.317 e. The molecule has 1 heterocycles. The molecule has 0 aromatic heterocycles. The monoisotopic (exact) mass is 274 g/mol. The van der Waals surface area contributed by atoms with Crippen molar-refractivity contribution in [3.63, 3.8) is 0 Å². The first-order valence-corrected chi connectivity index (χ1v) is 7.24. The largest absolute Gasteiger partial charge is 0.338 e. The van der Waals surface area contributed by atoms with Gasteiger partial charge in [0.1, 0.15) is 5.78 Å². The van der Waals surface area contributed by atoms with Crippen molar-refractivity contribution in [2.75, 3.05) is 19.6 Å². The van der Waals surface area contributed by atoms with E-state index in [1.54, 1.807) is 6.92 Å².